The summed E-state index contributed by atoms with van der Waals surface area (Å²) in [5.74, 6) is 1.98. The van der Waals surface area contributed by atoms with Gasteiger partial charge in [0.05, 0.1) is 26.4 Å². The van der Waals surface area contributed by atoms with Crippen LogP contribution in [0.25, 0.3) is 0 Å². The van der Waals surface area contributed by atoms with Crippen molar-refractivity contribution >= 4 is 11.6 Å². The Balaban J connectivity index is 1.40. The van der Waals surface area contributed by atoms with Crippen LogP contribution >= 0.6 is 11.6 Å². The molecule has 2 aromatic rings. The molecule has 2 aliphatic heterocycles. The highest BCUT2D eigenvalue weighted by atomic mass is 35.5. The maximum atomic E-state index is 10.8. The van der Waals surface area contributed by atoms with Gasteiger partial charge in [0.2, 0.25) is 0 Å². The molecule has 0 aliphatic carbocycles. The van der Waals surface area contributed by atoms with Gasteiger partial charge in [-0.15, -0.1) is 0 Å². The minimum Gasteiger partial charge on any atom is -0.493 e. The lowest BCUT2D eigenvalue weighted by molar-refractivity contribution is -0.0588. The minimum absolute atomic E-state index is 0.378. The van der Waals surface area contributed by atoms with Crippen LogP contribution in [0.2, 0.25) is 5.02 Å². The van der Waals surface area contributed by atoms with E-state index in [1.165, 1.54) is 0 Å². The summed E-state index contributed by atoms with van der Waals surface area (Å²) in [6.45, 7) is 4.05. The van der Waals surface area contributed by atoms with Crippen molar-refractivity contribution in [3.8, 4) is 17.2 Å². The van der Waals surface area contributed by atoms with Gasteiger partial charge in [-0.2, -0.15) is 0 Å². The number of nitrogens with zero attached hydrogens (tertiary/aromatic N) is 1. The molecule has 1 fully saturated rings. The van der Waals surface area contributed by atoms with Gasteiger partial charge >= 0.3 is 0 Å². The summed E-state index contributed by atoms with van der Waals surface area (Å²) in [6, 6.07) is 9.24. The molecule has 2 aliphatic rings. The average molecular weight is 448 g/mol. The van der Waals surface area contributed by atoms with Crippen molar-refractivity contribution in [1.82, 2.24) is 4.90 Å². The summed E-state index contributed by atoms with van der Waals surface area (Å²) in [5, 5.41) is 22.1. The second kappa shape index (κ2) is 8.87. The number of β-amino-alcohol motifs (C(OH)–C–C–N with tert-alkyl or cyclic N) is 1. The van der Waals surface area contributed by atoms with E-state index in [-0.39, 0.29) is 5.60 Å². The Bertz CT molecular complexity index is 942. The number of piperidine rings is 1. The summed E-state index contributed by atoms with van der Waals surface area (Å²) >= 11 is 6.23. The fourth-order valence-corrected chi connectivity index (χ4v) is 4.79. The Hall–Kier alpha value is -1.99. The van der Waals surface area contributed by atoms with Crippen molar-refractivity contribution in [3.05, 3.63) is 52.0 Å². The standard InChI is InChI=1S/C24H30ClNO5/c1-15-10-22-17(12-18(15)25)19(27)13-24(31-22)6-8-26(9-7-24)14-20(28)16-4-5-21(29-2)23(11-16)30-3/h4-5,10-12,19-20,27-28H,6-9,13-14H2,1-3H3. The molecule has 2 unspecified atom stereocenters. The van der Waals surface area contributed by atoms with Gasteiger partial charge in [-0.05, 0) is 55.2 Å². The Morgan fingerprint density at radius 2 is 1.87 bits per heavy atom. The summed E-state index contributed by atoms with van der Waals surface area (Å²) in [4.78, 5) is 2.24. The lowest BCUT2D eigenvalue weighted by Gasteiger charge is -2.46. The Labute approximate surface area is 188 Å². The Morgan fingerprint density at radius 1 is 1.16 bits per heavy atom. The minimum atomic E-state index is -0.628. The highest BCUT2D eigenvalue weighted by Crippen LogP contribution is 2.46. The number of fused-ring (bicyclic) bond motifs is 1. The van der Waals surface area contributed by atoms with E-state index in [1.54, 1.807) is 14.2 Å². The SMILES string of the molecule is COc1ccc(C(O)CN2CCC3(CC2)CC(O)c2cc(Cl)c(C)cc2O3)cc1OC. The molecular formula is C24H30ClNO5. The second-order valence-corrected chi connectivity index (χ2v) is 8.98. The molecule has 0 saturated carbocycles. The Kier molecular flexibility index (Phi) is 6.35. The van der Waals surface area contributed by atoms with Gasteiger partial charge in [-0.1, -0.05) is 17.7 Å². The number of halogens is 1. The fraction of sp³-hybridized carbons (Fsp3) is 0.500. The van der Waals surface area contributed by atoms with Crippen molar-refractivity contribution in [1.29, 1.82) is 0 Å². The second-order valence-electron chi connectivity index (χ2n) is 8.58. The number of aliphatic hydroxyl groups excluding tert-OH is 2. The molecule has 2 N–H and O–H groups in total. The molecule has 4 rings (SSSR count). The van der Waals surface area contributed by atoms with Crippen molar-refractivity contribution in [2.24, 2.45) is 0 Å². The molecule has 6 nitrogen and oxygen atoms in total. The number of likely N-dealkylation sites (tertiary alicyclic amines) is 1. The van der Waals surface area contributed by atoms with Crippen LogP contribution in [0.5, 0.6) is 17.2 Å². The first-order valence-electron chi connectivity index (χ1n) is 10.6. The fourth-order valence-electron chi connectivity index (χ4n) is 4.62. The predicted molar refractivity (Wildman–Crippen MR) is 119 cm³/mol. The Morgan fingerprint density at radius 3 is 2.55 bits per heavy atom. The topological polar surface area (TPSA) is 71.4 Å². The number of benzene rings is 2. The van der Waals surface area contributed by atoms with Crippen LogP contribution in [0.1, 0.15) is 48.2 Å². The van der Waals surface area contributed by atoms with Crippen LogP contribution in [-0.4, -0.2) is 54.6 Å². The van der Waals surface area contributed by atoms with E-state index >= 15 is 0 Å². The molecule has 2 aromatic carbocycles. The third-order valence-electron chi connectivity index (χ3n) is 6.53. The van der Waals surface area contributed by atoms with E-state index in [9.17, 15) is 10.2 Å². The molecule has 7 heteroatoms. The number of aryl methyl sites for hydroxylation is 1. The molecule has 2 atom stereocenters. The number of hydrogen-bond acceptors (Lipinski definition) is 6. The first-order chi connectivity index (χ1) is 14.8. The highest BCUT2D eigenvalue weighted by Gasteiger charge is 2.43. The van der Waals surface area contributed by atoms with Crippen LogP contribution in [0, 0.1) is 6.92 Å². The predicted octanol–water partition coefficient (Wildman–Crippen LogP) is 4.05. The lowest BCUT2D eigenvalue weighted by Crippen LogP contribution is -2.51. The van der Waals surface area contributed by atoms with Gasteiger partial charge in [0, 0.05) is 36.6 Å². The zero-order valence-electron chi connectivity index (χ0n) is 18.2. The van der Waals surface area contributed by atoms with Gasteiger partial charge in [0.25, 0.3) is 0 Å². The smallest absolute Gasteiger partial charge is 0.161 e. The number of hydrogen-bond donors (Lipinski definition) is 2. The molecule has 2 heterocycles. The zero-order valence-corrected chi connectivity index (χ0v) is 19.0. The first kappa shape index (κ1) is 22.2. The van der Waals surface area contributed by atoms with Crippen LogP contribution in [0.4, 0.5) is 0 Å². The van der Waals surface area contributed by atoms with E-state index in [0.717, 1.165) is 48.4 Å². The normalized spacial score (nSPS) is 21.3. The summed E-state index contributed by atoms with van der Waals surface area (Å²) in [7, 11) is 3.18. The van der Waals surface area contributed by atoms with Crippen LogP contribution < -0.4 is 14.2 Å². The molecule has 0 aromatic heterocycles. The number of ether oxygens (including phenoxy) is 3. The third kappa shape index (κ3) is 4.48. The van der Waals surface area contributed by atoms with Gasteiger partial charge in [0.1, 0.15) is 11.4 Å². The number of methoxy groups -OCH3 is 2. The quantitative estimate of drug-likeness (QED) is 0.720. The molecule has 168 valence electrons. The van der Waals surface area contributed by atoms with Gasteiger partial charge < -0.3 is 29.3 Å². The van der Waals surface area contributed by atoms with E-state index in [2.05, 4.69) is 4.90 Å². The maximum Gasteiger partial charge on any atom is 0.161 e. The monoisotopic (exact) mass is 447 g/mol. The van der Waals surface area contributed by atoms with Gasteiger partial charge in [-0.3, -0.25) is 0 Å². The highest BCUT2D eigenvalue weighted by molar-refractivity contribution is 6.31. The van der Waals surface area contributed by atoms with Crippen molar-refractivity contribution in [2.45, 2.75) is 44.0 Å². The summed E-state index contributed by atoms with van der Waals surface area (Å²) < 4.78 is 17.0. The largest absolute Gasteiger partial charge is 0.493 e. The van der Waals surface area contributed by atoms with E-state index < -0.39 is 12.2 Å². The molecular weight excluding hydrogens is 418 g/mol. The average Bonchev–Trinajstić information content (AvgIpc) is 2.76. The van der Waals surface area contributed by atoms with E-state index in [0.29, 0.717) is 29.5 Å². The third-order valence-corrected chi connectivity index (χ3v) is 6.94. The van der Waals surface area contributed by atoms with E-state index in [4.69, 9.17) is 25.8 Å². The maximum absolute atomic E-state index is 10.8. The van der Waals surface area contributed by atoms with E-state index in [1.807, 2.05) is 37.3 Å². The molecule has 0 bridgehead atoms. The molecule has 1 spiro atoms. The zero-order chi connectivity index (χ0) is 22.2. The first-order valence-corrected chi connectivity index (χ1v) is 11.0. The summed E-state index contributed by atoms with van der Waals surface area (Å²) in [6.07, 6.45) is 0.946. The van der Waals surface area contributed by atoms with Crippen LogP contribution in [0.15, 0.2) is 30.3 Å². The lowest BCUT2D eigenvalue weighted by atomic mass is 9.81. The van der Waals surface area contributed by atoms with Crippen molar-refractivity contribution < 1.29 is 24.4 Å². The van der Waals surface area contributed by atoms with Crippen molar-refractivity contribution in [3.63, 3.8) is 0 Å². The summed E-state index contributed by atoms with van der Waals surface area (Å²) in [5.41, 5.74) is 2.13. The number of rotatable bonds is 5. The molecule has 0 amide bonds. The number of aliphatic hydroxyl groups is 2. The van der Waals surface area contributed by atoms with Gasteiger partial charge in [-0.25, -0.2) is 0 Å². The molecule has 1 saturated heterocycles. The van der Waals surface area contributed by atoms with Crippen LogP contribution in [-0.2, 0) is 0 Å². The van der Waals surface area contributed by atoms with Crippen molar-refractivity contribution in [2.75, 3.05) is 33.9 Å². The van der Waals surface area contributed by atoms with Crippen LogP contribution in [0.3, 0.4) is 0 Å². The molecule has 0 radical (unpaired) electrons. The molecule has 31 heavy (non-hydrogen) atoms. The van der Waals surface area contributed by atoms with Gasteiger partial charge in [0.15, 0.2) is 11.5 Å².